The maximum Gasteiger partial charge on any atom is 0.146 e. The highest BCUT2D eigenvalue weighted by Gasteiger charge is 2.39. The summed E-state index contributed by atoms with van der Waals surface area (Å²) in [6.07, 6.45) is 23.9. The Morgan fingerprint density at radius 1 is 0.667 bits per heavy atom. The molecule has 0 N–H and O–H groups in total. The van der Waals surface area contributed by atoms with E-state index < -0.39 is 0 Å². The Hall–Kier alpha value is 0.495. The van der Waals surface area contributed by atoms with Crippen LogP contribution in [-0.4, -0.2) is 24.2 Å². The minimum absolute atomic E-state index is 0.449. The fourth-order valence-corrected chi connectivity index (χ4v) is 10.5. The van der Waals surface area contributed by atoms with Gasteiger partial charge in [-0.1, -0.05) is 75.7 Å². The molecule has 0 aromatic heterocycles. The standard InChI is InChI=1S/C19H34BP/c1-6-16-8-2-9-17(7-1)20(16)14-5-15-21-18-10-3-11-19(21)13-4-12-18/h16-19H,1-15H2. The van der Waals surface area contributed by atoms with Gasteiger partial charge in [0.2, 0.25) is 0 Å². The van der Waals surface area contributed by atoms with Crippen molar-refractivity contribution in [3.05, 3.63) is 0 Å². The first-order valence-corrected chi connectivity index (χ1v) is 11.8. The quantitative estimate of drug-likeness (QED) is 0.407. The maximum absolute atomic E-state index is 1.67. The number of rotatable bonds is 4. The summed E-state index contributed by atoms with van der Waals surface area (Å²) in [6.45, 7) is 1.16. The van der Waals surface area contributed by atoms with Crippen LogP contribution in [0.2, 0.25) is 18.0 Å². The average molecular weight is 304 g/mol. The Morgan fingerprint density at radius 2 is 1.14 bits per heavy atom. The molecule has 0 radical (unpaired) electrons. The van der Waals surface area contributed by atoms with Crippen molar-refractivity contribution in [3.63, 3.8) is 0 Å². The van der Waals surface area contributed by atoms with Gasteiger partial charge < -0.3 is 0 Å². The number of fused-ring (bicyclic) bond motifs is 4. The summed E-state index contributed by atoms with van der Waals surface area (Å²) < 4.78 is 0. The molecule has 4 fully saturated rings. The van der Waals surface area contributed by atoms with Crippen molar-refractivity contribution in [3.8, 4) is 0 Å². The van der Waals surface area contributed by atoms with Gasteiger partial charge in [-0.2, -0.15) is 0 Å². The maximum atomic E-state index is 1.67. The fourth-order valence-electron chi connectivity index (χ4n) is 6.59. The lowest BCUT2D eigenvalue weighted by Gasteiger charge is -2.44. The van der Waals surface area contributed by atoms with E-state index >= 15 is 0 Å². The highest BCUT2D eigenvalue weighted by molar-refractivity contribution is 7.59. The van der Waals surface area contributed by atoms with Crippen LogP contribution in [0, 0.1) is 0 Å². The van der Waals surface area contributed by atoms with Gasteiger partial charge in [0.25, 0.3) is 0 Å². The van der Waals surface area contributed by atoms with E-state index in [4.69, 9.17) is 0 Å². The molecule has 0 aliphatic carbocycles. The molecule has 0 spiro atoms. The largest absolute Gasteiger partial charge is 0.146 e. The third-order valence-electron chi connectivity index (χ3n) is 7.55. The minimum Gasteiger partial charge on any atom is -0.100 e. The van der Waals surface area contributed by atoms with Crippen LogP contribution in [0.4, 0.5) is 0 Å². The van der Waals surface area contributed by atoms with Crippen LogP contribution in [0.5, 0.6) is 0 Å². The van der Waals surface area contributed by atoms with Crippen molar-refractivity contribution in [2.24, 2.45) is 0 Å². The second-order valence-corrected chi connectivity index (χ2v) is 11.5. The van der Waals surface area contributed by atoms with E-state index in [1.807, 2.05) is 0 Å². The first kappa shape index (κ1) is 15.0. The molecule has 4 bridgehead atoms. The van der Waals surface area contributed by atoms with Crippen LogP contribution < -0.4 is 0 Å². The summed E-state index contributed by atoms with van der Waals surface area (Å²) in [5.41, 5.74) is 2.41. The summed E-state index contributed by atoms with van der Waals surface area (Å²) in [5, 5.41) is 0. The Bertz CT molecular complexity index is 268. The van der Waals surface area contributed by atoms with E-state index in [-0.39, 0.29) is 0 Å². The zero-order valence-electron chi connectivity index (χ0n) is 13.9. The van der Waals surface area contributed by atoms with E-state index in [0.717, 1.165) is 18.3 Å². The monoisotopic (exact) mass is 304 g/mol. The topological polar surface area (TPSA) is 0 Å². The molecule has 2 heteroatoms. The normalized spacial score (nSPS) is 42.9. The van der Waals surface area contributed by atoms with E-state index in [0.29, 0.717) is 7.92 Å². The molecule has 4 saturated heterocycles. The van der Waals surface area contributed by atoms with Gasteiger partial charge in [0.15, 0.2) is 0 Å². The Morgan fingerprint density at radius 3 is 1.67 bits per heavy atom. The van der Waals surface area contributed by atoms with Gasteiger partial charge in [-0.05, 0) is 43.2 Å². The predicted molar refractivity (Wildman–Crippen MR) is 97.4 cm³/mol. The molecule has 0 atom stereocenters. The van der Waals surface area contributed by atoms with Gasteiger partial charge in [0, 0.05) is 0 Å². The summed E-state index contributed by atoms with van der Waals surface area (Å²) in [7, 11) is 0.449. The van der Waals surface area contributed by atoms with Crippen LogP contribution in [0.3, 0.4) is 0 Å². The second-order valence-electron chi connectivity index (χ2n) is 8.60. The van der Waals surface area contributed by atoms with E-state index in [1.165, 1.54) is 11.3 Å². The second kappa shape index (κ2) is 6.94. The van der Waals surface area contributed by atoms with Gasteiger partial charge in [0.05, 0.1) is 0 Å². The first-order chi connectivity index (χ1) is 10.4. The molecule has 4 rings (SSSR count). The van der Waals surface area contributed by atoms with Crippen molar-refractivity contribution in [2.45, 2.75) is 113 Å². The van der Waals surface area contributed by atoms with Gasteiger partial charge in [-0.3, -0.25) is 0 Å². The lowest BCUT2D eigenvalue weighted by atomic mass is 9.26. The molecule has 4 aliphatic heterocycles. The van der Waals surface area contributed by atoms with Crippen LogP contribution in [0.1, 0.15) is 83.5 Å². The molecule has 118 valence electrons. The van der Waals surface area contributed by atoms with E-state index in [2.05, 4.69) is 0 Å². The number of hydrogen-bond acceptors (Lipinski definition) is 0. The van der Waals surface area contributed by atoms with E-state index in [1.54, 1.807) is 96.0 Å². The van der Waals surface area contributed by atoms with Crippen molar-refractivity contribution < 1.29 is 0 Å². The van der Waals surface area contributed by atoms with Gasteiger partial charge in [-0.25, -0.2) is 0 Å². The average Bonchev–Trinajstić information content (AvgIpc) is 2.46. The molecule has 0 nitrogen and oxygen atoms in total. The molecular weight excluding hydrogens is 270 g/mol. The zero-order chi connectivity index (χ0) is 14.1. The highest BCUT2D eigenvalue weighted by Crippen LogP contribution is 2.60. The van der Waals surface area contributed by atoms with Crippen LogP contribution in [0.15, 0.2) is 0 Å². The summed E-state index contributed by atoms with van der Waals surface area (Å²) >= 11 is 0. The predicted octanol–water partition coefficient (Wildman–Crippen LogP) is 6.57. The van der Waals surface area contributed by atoms with Crippen molar-refractivity contribution in [1.29, 1.82) is 0 Å². The molecular formula is C19H34BP. The lowest BCUT2D eigenvalue weighted by Crippen LogP contribution is -2.34. The molecule has 4 heterocycles. The highest BCUT2D eigenvalue weighted by atomic mass is 31.1. The van der Waals surface area contributed by atoms with E-state index in [9.17, 15) is 0 Å². The SMILES string of the molecule is C1CC2CCCC(C1)B2CCCP1C2CCCC1CCC2. The third-order valence-corrected chi connectivity index (χ3v) is 11.3. The Labute approximate surface area is 134 Å². The molecule has 0 saturated carbocycles. The van der Waals surface area contributed by atoms with Crippen molar-refractivity contribution >= 4 is 14.6 Å². The van der Waals surface area contributed by atoms with Crippen LogP contribution >= 0.6 is 7.92 Å². The molecule has 0 aromatic rings. The van der Waals surface area contributed by atoms with Gasteiger partial charge >= 0.3 is 0 Å². The molecule has 0 amide bonds. The fraction of sp³-hybridized carbons (Fsp3) is 1.00. The third kappa shape index (κ3) is 3.24. The van der Waals surface area contributed by atoms with Gasteiger partial charge in [0.1, 0.15) is 6.71 Å². The molecule has 0 unspecified atom stereocenters. The minimum atomic E-state index is 0.449. The zero-order valence-corrected chi connectivity index (χ0v) is 14.8. The van der Waals surface area contributed by atoms with Crippen molar-refractivity contribution in [2.75, 3.05) is 6.16 Å². The summed E-state index contributed by atoms with van der Waals surface area (Å²) in [5.74, 6) is 2.30. The molecule has 21 heavy (non-hydrogen) atoms. The smallest absolute Gasteiger partial charge is 0.100 e. The Kier molecular flexibility index (Phi) is 4.97. The van der Waals surface area contributed by atoms with Crippen molar-refractivity contribution in [1.82, 2.24) is 0 Å². The first-order valence-electron chi connectivity index (χ1n) is 10.2. The summed E-state index contributed by atoms with van der Waals surface area (Å²) in [6, 6.07) is 0. The van der Waals surface area contributed by atoms with Gasteiger partial charge in [-0.15, -0.1) is 7.92 Å². The summed E-state index contributed by atoms with van der Waals surface area (Å²) in [4.78, 5) is 0. The molecule has 0 aromatic carbocycles. The van der Waals surface area contributed by atoms with Crippen LogP contribution in [-0.2, 0) is 0 Å². The lowest BCUT2D eigenvalue weighted by molar-refractivity contribution is 0.440. The van der Waals surface area contributed by atoms with Crippen LogP contribution in [0.25, 0.3) is 0 Å². The Balaban J connectivity index is 1.29. The molecule has 4 aliphatic rings. The number of hydrogen-bond donors (Lipinski definition) is 0.